The molecule has 0 unspecified atom stereocenters. The number of halogens is 3. The van der Waals surface area contributed by atoms with E-state index in [-0.39, 0.29) is 5.56 Å². The molecule has 0 radical (unpaired) electrons. The van der Waals surface area contributed by atoms with Crippen molar-refractivity contribution in [2.75, 3.05) is 6.26 Å². The number of rotatable bonds is 6. The van der Waals surface area contributed by atoms with Crippen molar-refractivity contribution in [2.45, 2.75) is 32.5 Å². The topological polar surface area (TPSA) is 85.0 Å². The molecule has 0 bridgehead atoms. The Hall–Kier alpha value is -3.76. The van der Waals surface area contributed by atoms with Crippen molar-refractivity contribution < 1.29 is 25.8 Å². The monoisotopic (exact) mass is 487 g/mol. The van der Waals surface area contributed by atoms with E-state index >= 15 is 0 Å². The fraction of sp³-hybridized carbons (Fsp3) is 0.250. The smallest absolute Gasteiger partial charge is 0.383 e. The molecule has 0 saturated carbocycles. The molecule has 0 fully saturated rings. The molecule has 0 amide bonds. The van der Waals surface area contributed by atoms with Crippen molar-refractivity contribution in [3.63, 3.8) is 0 Å². The summed E-state index contributed by atoms with van der Waals surface area (Å²) < 4.78 is 69.6. The third kappa shape index (κ3) is 6.87. The maximum absolute atomic E-state index is 13.6. The number of aryl methyl sites for hydroxylation is 3. The van der Waals surface area contributed by atoms with Gasteiger partial charge in [-0.1, -0.05) is 11.8 Å². The molecule has 10 heteroatoms. The summed E-state index contributed by atoms with van der Waals surface area (Å²) in [4.78, 5) is 0. The molecule has 0 atom stereocenters. The second kappa shape index (κ2) is 10.0. The van der Waals surface area contributed by atoms with Gasteiger partial charge in [-0.15, -0.1) is 0 Å². The van der Waals surface area contributed by atoms with Crippen LogP contribution < -0.4 is 4.18 Å². The molecule has 1 heterocycles. The highest BCUT2D eigenvalue weighted by Gasteiger charge is 2.34. The van der Waals surface area contributed by atoms with Crippen LogP contribution in [0.25, 0.3) is 0 Å². The van der Waals surface area contributed by atoms with Crippen molar-refractivity contribution in [3.8, 4) is 23.7 Å². The first-order valence-corrected chi connectivity index (χ1v) is 11.9. The molecule has 3 rings (SSSR count). The van der Waals surface area contributed by atoms with Crippen LogP contribution in [0.15, 0.2) is 48.8 Å². The normalized spacial score (nSPS) is 11.4. The minimum absolute atomic E-state index is 0.323. The fourth-order valence-electron chi connectivity index (χ4n) is 3.24. The van der Waals surface area contributed by atoms with Crippen molar-refractivity contribution in [1.82, 2.24) is 9.78 Å². The van der Waals surface area contributed by atoms with Crippen molar-refractivity contribution in [2.24, 2.45) is 0 Å². The summed E-state index contributed by atoms with van der Waals surface area (Å²) in [5, 5.41) is 13.4. The second-order valence-corrected chi connectivity index (χ2v) is 9.19. The first-order valence-electron chi connectivity index (χ1n) is 10.1. The molecule has 176 valence electrons. The third-order valence-electron chi connectivity index (χ3n) is 4.71. The van der Waals surface area contributed by atoms with Crippen LogP contribution in [0.2, 0.25) is 0 Å². The fourth-order valence-corrected chi connectivity index (χ4v) is 3.69. The van der Waals surface area contributed by atoms with Gasteiger partial charge in [0.25, 0.3) is 0 Å². The number of nitrogens with zero attached hydrogens (tertiary/aromatic N) is 3. The van der Waals surface area contributed by atoms with Gasteiger partial charge in [0.15, 0.2) is 0 Å². The van der Waals surface area contributed by atoms with E-state index in [0.29, 0.717) is 36.6 Å². The average molecular weight is 488 g/mol. The van der Waals surface area contributed by atoms with Crippen molar-refractivity contribution >= 4 is 10.1 Å². The summed E-state index contributed by atoms with van der Waals surface area (Å²) in [5.74, 6) is 4.86. The molecule has 3 aromatic rings. The first kappa shape index (κ1) is 24.9. The van der Waals surface area contributed by atoms with Crippen LogP contribution >= 0.6 is 0 Å². The molecular weight excluding hydrogens is 467 g/mol. The highest BCUT2D eigenvalue weighted by molar-refractivity contribution is 7.86. The van der Waals surface area contributed by atoms with Crippen LogP contribution in [0.4, 0.5) is 13.2 Å². The lowest BCUT2D eigenvalue weighted by atomic mass is 9.99. The standard InChI is InChI=1S/C24H20F3N3O3S/c1-17-15-29-30(16-17)11-3-4-21-12-18(14-28)5-6-19(21)7-8-20-9-10-22(33-34(2,31)32)13-23(20)24(25,26)27/h5-6,9-10,12-13,15-16H,3-4,11H2,1-2H3. The Bertz CT molecular complexity index is 1410. The van der Waals surface area contributed by atoms with Crippen molar-refractivity contribution in [3.05, 3.63) is 82.2 Å². The predicted octanol–water partition coefficient (Wildman–Crippen LogP) is 4.45. The minimum atomic E-state index is -4.77. The van der Waals surface area contributed by atoms with Gasteiger partial charge in [-0.05, 0) is 67.3 Å². The molecule has 0 saturated heterocycles. The van der Waals surface area contributed by atoms with Gasteiger partial charge >= 0.3 is 16.3 Å². The van der Waals surface area contributed by atoms with Crippen LogP contribution in [0, 0.1) is 30.1 Å². The third-order valence-corrected chi connectivity index (χ3v) is 5.20. The summed E-state index contributed by atoms with van der Waals surface area (Å²) >= 11 is 0. The molecule has 2 aromatic carbocycles. The highest BCUT2D eigenvalue weighted by Crippen LogP contribution is 2.34. The Balaban J connectivity index is 1.91. The van der Waals surface area contributed by atoms with Gasteiger partial charge < -0.3 is 4.18 Å². The lowest BCUT2D eigenvalue weighted by Gasteiger charge is -2.11. The molecular formula is C24H20F3N3O3S. The van der Waals surface area contributed by atoms with Gasteiger partial charge in [0.05, 0.1) is 29.6 Å². The van der Waals surface area contributed by atoms with Gasteiger partial charge in [-0.2, -0.15) is 31.9 Å². The van der Waals surface area contributed by atoms with E-state index in [2.05, 4.69) is 27.2 Å². The largest absolute Gasteiger partial charge is 0.417 e. The molecule has 1 aromatic heterocycles. The lowest BCUT2D eigenvalue weighted by Crippen LogP contribution is -2.10. The van der Waals surface area contributed by atoms with Crippen LogP contribution in [-0.2, 0) is 29.3 Å². The number of hydrogen-bond acceptors (Lipinski definition) is 5. The Labute approximate surface area is 195 Å². The number of benzene rings is 2. The molecule has 0 spiro atoms. The van der Waals surface area contributed by atoms with E-state index in [1.54, 1.807) is 29.1 Å². The van der Waals surface area contributed by atoms with Gasteiger partial charge in [0.2, 0.25) is 0 Å². The summed E-state index contributed by atoms with van der Waals surface area (Å²) in [7, 11) is -3.98. The van der Waals surface area contributed by atoms with Crippen LogP contribution in [0.5, 0.6) is 5.75 Å². The van der Waals surface area contributed by atoms with E-state index in [1.807, 2.05) is 13.1 Å². The maximum Gasteiger partial charge on any atom is 0.417 e. The molecule has 34 heavy (non-hydrogen) atoms. The lowest BCUT2D eigenvalue weighted by molar-refractivity contribution is -0.137. The first-order chi connectivity index (χ1) is 15.9. The van der Waals surface area contributed by atoms with E-state index in [9.17, 15) is 26.9 Å². The summed E-state index contributed by atoms with van der Waals surface area (Å²) in [6, 6.07) is 9.68. The van der Waals surface area contributed by atoms with Crippen LogP contribution in [0.1, 0.15) is 39.8 Å². The van der Waals surface area contributed by atoms with Gasteiger partial charge in [-0.25, -0.2) is 0 Å². The van der Waals surface area contributed by atoms with E-state index in [4.69, 9.17) is 0 Å². The predicted molar refractivity (Wildman–Crippen MR) is 119 cm³/mol. The summed E-state index contributed by atoms with van der Waals surface area (Å²) in [6.45, 7) is 2.57. The number of alkyl halides is 3. The molecule has 0 aliphatic rings. The zero-order valence-corrected chi connectivity index (χ0v) is 19.2. The SMILES string of the molecule is Cc1cnn(CCCc2cc(C#N)ccc2C#Cc2ccc(OS(C)(=O)=O)cc2C(F)(F)F)c1. The Morgan fingerprint density at radius 3 is 2.44 bits per heavy atom. The van der Waals surface area contributed by atoms with Gasteiger partial charge in [-0.3, -0.25) is 4.68 Å². The highest BCUT2D eigenvalue weighted by atomic mass is 32.2. The van der Waals surface area contributed by atoms with Gasteiger partial charge in [0.1, 0.15) is 5.75 Å². The molecule has 0 aliphatic heterocycles. The van der Waals surface area contributed by atoms with Gasteiger partial charge in [0, 0.05) is 23.9 Å². The van der Waals surface area contributed by atoms with E-state index in [1.165, 1.54) is 0 Å². The van der Waals surface area contributed by atoms with E-state index < -0.39 is 27.6 Å². The van der Waals surface area contributed by atoms with Crippen molar-refractivity contribution in [1.29, 1.82) is 5.26 Å². The number of hydrogen-bond donors (Lipinski definition) is 0. The molecule has 0 N–H and O–H groups in total. The summed E-state index contributed by atoms with van der Waals surface area (Å²) in [6.07, 6.45) is 0.867. The Morgan fingerprint density at radius 1 is 1.12 bits per heavy atom. The van der Waals surface area contributed by atoms with E-state index in [0.717, 1.165) is 29.5 Å². The number of nitriles is 1. The molecule has 6 nitrogen and oxygen atoms in total. The average Bonchev–Trinajstić information content (AvgIpc) is 3.16. The Kier molecular flexibility index (Phi) is 7.33. The summed E-state index contributed by atoms with van der Waals surface area (Å²) in [5.41, 5.74) is 1.27. The maximum atomic E-state index is 13.6. The number of aromatic nitrogens is 2. The zero-order valence-electron chi connectivity index (χ0n) is 18.3. The minimum Gasteiger partial charge on any atom is -0.383 e. The van der Waals surface area contributed by atoms with Crippen LogP contribution in [-0.4, -0.2) is 24.5 Å². The van der Waals surface area contributed by atoms with Crippen LogP contribution in [0.3, 0.4) is 0 Å². The second-order valence-electron chi connectivity index (χ2n) is 7.61. The Morgan fingerprint density at radius 2 is 1.82 bits per heavy atom. The quantitative estimate of drug-likeness (QED) is 0.379. The zero-order chi connectivity index (χ0) is 24.9. The molecule has 0 aliphatic carbocycles.